The van der Waals surface area contributed by atoms with Gasteiger partial charge in [-0.2, -0.15) is 5.26 Å². The molecule has 10 rings (SSSR count). The summed E-state index contributed by atoms with van der Waals surface area (Å²) in [6.07, 6.45) is 0. The Labute approximate surface area is 344 Å². The fourth-order valence-electron chi connectivity index (χ4n) is 8.47. The second-order valence-electron chi connectivity index (χ2n) is 15.6. The van der Waals surface area contributed by atoms with E-state index in [0.717, 1.165) is 77.9 Å². The molecule has 0 saturated heterocycles. The van der Waals surface area contributed by atoms with Gasteiger partial charge in [-0.1, -0.05) is 178 Å². The van der Waals surface area contributed by atoms with Gasteiger partial charge < -0.3 is 0 Å². The van der Waals surface area contributed by atoms with Crippen LogP contribution in [0.5, 0.6) is 0 Å². The molecule has 1 aromatic heterocycles. The van der Waals surface area contributed by atoms with E-state index in [0.29, 0.717) is 17.5 Å². The molecule has 59 heavy (non-hydrogen) atoms. The molecule has 1 aliphatic rings. The highest BCUT2D eigenvalue weighted by molar-refractivity contribution is 5.88. The lowest BCUT2D eigenvalue weighted by Crippen LogP contribution is -2.14. The minimum Gasteiger partial charge on any atom is -0.208 e. The third kappa shape index (κ3) is 6.59. The van der Waals surface area contributed by atoms with E-state index in [1.54, 1.807) is 0 Å². The van der Waals surface area contributed by atoms with E-state index >= 15 is 0 Å². The Balaban J connectivity index is 1.04. The Kier molecular flexibility index (Phi) is 8.85. The fourth-order valence-corrected chi connectivity index (χ4v) is 8.47. The van der Waals surface area contributed by atoms with Crippen LogP contribution in [0, 0.1) is 11.3 Å². The number of rotatable bonds is 7. The van der Waals surface area contributed by atoms with Gasteiger partial charge in [0.25, 0.3) is 0 Å². The van der Waals surface area contributed by atoms with Crippen molar-refractivity contribution in [1.82, 2.24) is 15.0 Å². The summed E-state index contributed by atoms with van der Waals surface area (Å²) >= 11 is 0. The predicted octanol–water partition coefficient (Wildman–Crippen LogP) is 13.7. The first-order valence-corrected chi connectivity index (χ1v) is 19.9. The van der Waals surface area contributed by atoms with Gasteiger partial charge in [0.2, 0.25) is 0 Å². The molecule has 0 amide bonds. The van der Waals surface area contributed by atoms with Crippen LogP contribution in [-0.2, 0) is 5.41 Å². The Morgan fingerprint density at radius 1 is 0.356 bits per heavy atom. The Morgan fingerprint density at radius 2 is 0.746 bits per heavy atom. The normalized spacial score (nSPS) is 12.4. The first-order chi connectivity index (χ1) is 28.9. The Bertz CT molecular complexity index is 3070. The molecule has 4 nitrogen and oxygen atoms in total. The molecule has 0 spiro atoms. The second-order valence-corrected chi connectivity index (χ2v) is 15.6. The van der Waals surface area contributed by atoms with Gasteiger partial charge in [-0.15, -0.1) is 0 Å². The van der Waals surface area contributed by atoms with Crippen LogP contribution < -0.4 is 0 Å². The molecular weight excluding hydrogens is 717 g/mol. The molecule has 9 aromatic rings. The molecule has 1 heterocycles. The van der Waals surface area contributed by atoms with E-state index in [-0.39, 0.29) is 5.41 Å². The number of hydrogen-bond acceptors (Lipinski definition) is 4. The molecular formula is C55H38N4. The molecule has 4 heteroatoms. The van der Waals surface area contributed by atoms with Crippen LogP contribution in [0.25, 0.3) is 89.8 Å². The van der Waals surface area contributed by atoms with Crippen LogP contribution in [0.2, 0.25) is 0 Å². The molecule has 0 atom stereocenters. The zero-order valence-corrected chi connectivity index (χ0v) is 32.8. The highest BCUT2D eigenvalue weighted by atomic mass is 15.0. The van der Waals surface area contributed by atoms with Crippen molar-refractivity contribution >= 4 is 0 Å². The van der Waals surface area contributed by atoms with Gasteiger partial charge in [-0.05, 0) is 91.5 Å². The van der Waals surface area contributed by atoms with Gasteiger partial charge in [0.15, 0.2) is 17.5 Å². The quantitative estimate of drug-likeness (QED) is 0.163. The van der Waals surface area contributed by atoms with Crippen LogP contribution in [0.3, 0.4) is 0 Å². The van der Waals surface area contributed by atoms with E-state index in [2.05, 4.69) is 190 Å². The van der Waals surface area contributed by atoms with Crippen molar-refractivity contribution in [2.45, 2.75) is 19.3 Å². The van der Waals surface area contributed by atoms with Crippen molar-refractivity contribution in [2.75, 3.05) is 0 Å². The number of nitrogens with zero attached hydrogens (tertiary/aromatic N) is 4. The molecule has 8 aromatic carbocycles. The summed E-state index contributed by atoms with van der Waals surface area (Å²) in [4.78, 5) is 15.3. The van der Waals surface area contributed by atoms with Crippen molar-refractivity contribution in [3.05, 3.63) is 211 Å². The van der Waals surface area contributed by atoms with Gasteiger partial charge in [0.1, 0.15) is 0 Å². The highest BCUT2D eigenvalue weighted by Crippen LogP contribution is 2.51. The van der Waals surface area contributed by atoms with Gasteiger partial charge >= 0.3 is 0 Å². The van der Waals surface area contributed by atoms with Crippen LogP contribution in [0.1, 0.15) is 30.5 Å². The second kappa shape index (κ2) is 14.6. The average molecular weight is 755 g/mol. The van der Waals surface area contributed by atoms with E-state index in [1.807, 2.05) is 24.3 Å². The standard InChI is InChI=1S/C55H38N4/c1-55(2)49-30-29-44(34-48(49)51-47(35-56)23-12-24-50(51)55)42-19-9-18-41(31-42)43-20-11-22-46(33-43)54-58-52(39-27-25-38(26-28-39)36-13-5-3-6-14-36)57-53(59-54)45-21-10-17-40(32-45)37-15-7-4-8-16-37/h3-34H,1-2H3. The van der Waals surface area contributed by atoms with Gasteiger partial charge in [-0.3, -0.25) is 0 Å². The first kappa shape index (κ1) is 35.7. The molecule has 0 N–H and O–H groups in total. The van der Waals surface area contributed by atoms with Crippen LogP contribution in [-0.4, -0.2) is 15.0 Å². The monoisotopic (exact) mass is 754 g/mol. The molecule has 0 bridgehead atoms. The third-order valence-corrected chi connectivity index (χ3v) is 11.6. The molecule has 0 fully saturated rings. The summed E-state index contributed by atoms with van der Waals surface area (Å²) in [5.41, 5.74) is 16.8. The lowest BCUT2D eigenvalue weighted by atomic mass is 9.82. The van der Waals surface area contributed by atoms with Gasteiger partial charge in [0.05, 0.1) is 11.6 Å². The largest absolute Gasteiger partial charge is 0.208 e. The SMILES string of the molecule is CC1(C)c2ccc(-c3cccc(-c4cccc(-c5nc(-c6ccc(-c7ccccc7)cc6)nc(-c6cccc(-c7ccccc7)c6)n5)c4)c3)cc2-c2c(C#N)cccc21. The fraction of sp³-hybridized carbons (Fsp3) is 0.0545. The summed E-state index contributed by atoms with van der Waals surface area (Å²) < 4.78 is 0. The summed E-state index contributed by atoms with van der Waals surface area (Å²) in [5, 5.41) is 10.0. The minimum absolute atomic E-state index is 0.177. The van der Waals surface area contributed by atoms with Crippen molar-refractivity contribution in [3.63, 3.8) is 0 Å². The summed E-state index contributed by atoms with van der Waals surface area (Å²) in [6, 6.07) is 69.9. The number of hydrogen-bond donors (Lipinski definition) is 0. The van der Waals surface area contributed by atoms with E-state index < -0.39 is 0 Å². The summed E-state index contributed by atoms with van der Waals surface area (Å²) in [6.45, 7) is 4.49. The zero-order chi connectivity index (χ0) is 39.9. The molecule has 0 unspecified atom stereocenters. The Hall–Kier alpha value is -7.74. The topological polar surface area (TPSA) is 62.5 Å². The Morgan fingerprint density at radius 3 is 1.31 bits per heavy atom. The molecule has 0 aliphatic heterocycles. The van der Waals surface area contributed by atoms with Crippen molar-refractivity contribution in [2.24, 2.45) is 0 Å². The minimum atomic E-state index is -0.177. The highest BCUT2D eigenvalue weighted by Gasteiger charge is 2.36. The van der Waals surface area contributed by atoms with Gasteiger partial charge in [0, 0.05) is 27.7 Å². The number of aromatic nitrogens is 3. The van der Waals surface area contributed by atoms with Gasteiger partial charge in [-0.25, -0.2) is 15.0 Å². The lowest BCUT2D eigenvalue weighted by molar-refractivity contribution is 0.660. The van der Waals surface area contributed by atoms with E-state index in [9.17, 15) is 5.26 Å². The zero-order valence-electron chi connectivity index (χ0n) is 32.8. The molecule has 0 radical (unpaired) electrons. The van der Waals surface area contributed by atoms with Crippen LogP contribution in [0.4, 0.5) is 0 Å². The lowest BCUT2D eigenvalue weighted by Gasteiger charge is -2.21. The smallest absolute Gasteiger partial charge is 0.164 e. The first-order valence-electron chi connectivity index (χ1n) is 19.9. The average Bonchev–Trinajstić information content (AvgIpc) is 3.55. The maximum Gasteiger partial charge on any atom is 0.164 e. The number of benzene rings is 8. The summed E-state index contributed by atoms with van der Waals surface area (Å²) in [5.74, 6) is 1.83. The predicted molar refractivity (Wildman–Crippen MR) is 240 cm³/mol. The van der Waals surface area contributed by atoms with E-state index in [1.165, 1.54) is 11.1 Å². The maximum absolute atomic E-state index is 10.0. The molecule has 278 valence electrons. The van der Waals surface area contributed by atoms with Crippen molar-refractivity contribution in [3.8, 4) is 95.9 Å². The molecule has 1 aliphatic carbocycles. The number of fused-ring (bicyclic) bond motifs is 3. The number of nitriles is 1. The van der Waals surface area contributed by atoms with E-state index in [4.69, 9.17) is 15.0 Å². The van der Waals surface area contributed by atoms with Crippen LogP contribution >= 0.6 is 0 Å². The maximum atomic E-state index is 10.0. The third-order valence-electron chi connectivity index (χ3n) is 11.6. The van der Waals surface area contributed by atoms with Crippen molar-refractivity contribution in [1.29, 1.82) is 5.26 Å². The van der Waals surface area contributed by atoms with Crippen LogP contribution in [0.15, 0.2) is 194 Å². The molecule has 0 saturated carbocycles. The van der Waals surface area contributed by atoms with Crippen molar-refractivity contribution < 1.29 is 0 Å². The summed E-state index contributed by atoms with van der Waals surface area (Å²) in [7, 11) is 0.